The van der Waals surface area contributed by atoms with E-state index in [0.29, 0.717) is 10.6 Å². The summed E-state index contributed by atoms with van der Waals surface area (Å²) in [5.74, 6) is -0.134. The molecule has 6 heteroatoms. The summed E-state index contributed by atoms with van der Waals surface area (Å²) in [7, 11) is -3.48. The summed E-state index contributed by atoms with van der Waals surface area (Å²) in [6, 6.07) is 15.9. The van der Waals surface area contributed by atoms with Gasteiger partial charge in [0.15, 0.2) is 5.78 Å². The Hall–Kier alpha value is -1.45. The Bertz CT molecular complexity index is 721. The van der Waals surface area contributed by atoms with Crippen LogP contribution in [0.5, 0.6) is 0 Å². The van der Waals surface area contributed by atoms with Crippen LogP contribution >= 0.6 is 19.2 Å². The molecule has 0 fully saturated rings. The molecule has 0 bridgehead atoms. The maximum atomic E-state index is 13.3. The van der Waals surface area contributed by atoms with E-state index in [1.165, 1.54) is 0 Å². The molecule has 0 aliphatic rings. The topological polar surface area (TPSA) is 52.6 Å². The third kappa shape index (κ3) is 5.26. The monoisotopic (exact) mass is 380 g/mol. The number of ketones is 1. The van der Waals surface area contributed by atoms with Gasteiger partial charge in [0.05, 0.1) is 18.9 Å². The van der Waals surface area contributed by atoms with Crippen molar-refractivity contribution in [3.8, 4) is 0 Å². The van der Waals surface area contributed by atoms with E-state index in [9.17, 15) is 9.36 Å². The van der Waals surface area contributed by atoms with E-state index in [2.05, 4.69) is 0 Å². The van der Waals surface area contributed by atoms with Gasteiger partial charge in [-0.2, -0.15) is 0 Å². The smallest absolute Gasteiger partial charge is 0.308 e. The second-order valence-corrected chi connectivity index (χ2v) is 8.09. The van der Waals surface area contributed by atoms with Crippen molar-refractivity contribution in [3.05, 3.63) is 70.7 Å². The van der Waals surface area contributed by atoms with Crippen LogP contribution in [0.1, 0.15) is 41.8 Å². The third-order valence-corrected chi connectivity index (χ3v) is 6.46. The van der Waals surface area contributed by atoms with Crippen LogP contribution in [0.3, 0.4) is 0 Å². The fourth-order valence-corrected chi connectivity index (χ4v) is 4.80. The van der Waals surface area contributed by atoms with Crippen molar-refractivity contribution in [2.24, 2.45) is 0 Å². The summed E-state index contributed by atoms with van der Waals surface area (Å²) in [5.41, 5.74) is 0.622. The molecular weight excluding hydrogens is 359 g/mol. The van der Waals surface area contributed by atoms with E-state index in [0.717, 1.165) is 5.56 Å². The fraction of sp³-hybridized carbons (Fsp3) is 0.316. The lowest BCUT2D eigenvalue weighted by atomic mass is 10.0. The maximum Gasteiger partial charge on any atom is 0.338 e. The van der Waals surface area contributed by atoms with Crippen molar-refractivity contribution in [2.45, 2.75) is 25.9 Å². The summed E-state index contributed by atoms with van der Waals surface area (Å²) in [4.78, 5) is 12.7. The zero-order chi connectivity index (χ0) is 18.3. The van der Waals surface area contributed by atoms with Crippen LogP contribution in [0, 0.1) is 0 Å². The zero-order valence-electron chi connectivity index (χ0n) is 14.4. The first-order valence-electron chi connectivity index (χ1n) is 8.22. The van der Waals surface area contributed by atoms with E-state index in [1.54, 1.807) is 38.1 Å². The number of rotatable bonds is 9. The Kier molecular flexibility index (Phi) is 7.39. The van der Waals surface area contributed by atoms with Crippen LogP contribution in [0.15, 0.2) is 54.6 Å². The highest BCUT2D eigenvalue weighted by Gasteiger charge is 2.38. The first-order chi connectivity index (χ1) is 12.0. The molecule has 0 aliphatic carbocycles. The molecular formula is C19H22ClO4P. The standard InChI is InChI=1S/C19H22ClO4P/c1-3-23-25(22,24-4-2)19(16-8-6-5-7-9-16)14-18(21)15-10-12-17(20)13-11-15/h5-13,19H,3-4,14H2,1-2H3/t19-/m0/s1. The molecule has 4 nitrogen and oxygen atoms in total. The molecule has 0 radical (unpaired) electrons. The predicted octanol–water partition coefficient (Wildman–Crippen LogP) is 5.92. The van der Waals surface area contributed by atoms with Crippen molar-refractivity contribution in [1.82, 2.24) is 0 Å². The van der Waals surface area contributed by atoms with Crippen LogP contribution in [-0.4, -0.2) is 19.0 Å². The van der Waals surface area contributed by atoms with Gasteiger partial charge >= 0.3 is 7.60 Å². The van der Waals surface area contributed by atoms with Crippen LogP contribution in [0.25, 0.3) is 0 Å². The first-order valence-corrected chi connectivity index (χ1v) is 10.2. The molecule has 0 aromatic heterocycles. The Morgan fingerprint density at radius 2 is 1.56 bits per heavy atom. The van der Waals surface area contributed by atoms with Crippen LogP contribution in [-0.2, 0) is 13.6 Å². The van der Waals surface area contributed by atoms with Gasteiger partial charge in [-0.25, -0.2) is 0 Å². The molecule has 2 aromatic rings. The van der Waals surface area contributed by atoms with E-state index in [1.807, 2.05) is 30.3 Å². The highest BCUT2D eigenvalue weighted by molar-refractivity contribution is 7.54. The lowest BCUT2D eigenvalue weighted by Gasteiger charge is -2.26. The Morgan fingerprint density at radius 3 is 2.08 bits per heavy atom. The summed E-state index contributed by atoms with van der Waals surface area (Å²) < 4.78 is 24.3. The van der Waals surface area contributed by atoms with Gasteiger partial charge < -0.3 is 9.05 Å². The number of halogens is 1. The van der Waals surface area contributed by atoms with Crippen LogP contribution < -0.4 is 0 Å². The SMILES string of the molecule is CCOP(=O)(OCC)[C@@H](CC(=O)c1ccc(Cl)cc1)c1ccccc1. The summed E-state index contributed by atoms with van der Waals surface area (Å²) in [5, 5.41) is 0.561. The van der Waals surface area contributed by atoms with Gasteiger partial charge in [0.25, 0.3) is 0 Å². The number of carbonyl (C=O) groups is 1. The predicted molar refractivity (Wildman–Crippen MR) is 100 cm³/mol. The first kappa shape index (κ1) is 19.9. The number of Topliss-reactive ketones (excluding diaryl/α,β-unsaturated/α-hetero) is 1. The summed E-state index contributed by atoms with van der Waals surface area (Å²) in [6.45, 7) is 4.01. The van der Waals surface area contributed by atoms with Crippen molar-refractivity contribution < 1.29 is 18.4 Å². The molecule has 0 saturated heterocycles. The lowest BCUT2D eigenvalue weighted by Crippen LogP contribution is -2.12. The van der Waals surface area contributed by atoms with Gasteiger partial charge in [0, 0.05) is 17.0 Å². The normalized spacial score (nSPS) is 12.8. The van der Waals surface area contributed by atoms with E-state index >= 15 is 0 Å². The van der Waals surface area contributed by atoms with Crippen molar-refractivity contribution in [3.63, 3.8) is 0 Å². The zero-order valence-corrected chi connectivity index (χ0v) is 16.0. The maximum absolute atomic E-state index is 13.3. The Balaban J connectivity index is 2.36. The summed E-state index contributed by atoms with van der Waals surface area (Å²) in [6.07, 6.45) is 0.0307. The molecule has 0 saturated carbocycles. The molecule has 134 valence electrons. The molecule has 2 rings (SSSR count). The number of hydrogen-bond acceptors (Lipinski definition) is 4. The minimum absolute atomic E-state index is 0.0307. The minimum atomic E-state index is -3.48. The van der Waals surface area contributed by atoms with Gasteiger partial charge in [-0.15, -0.1) is 0 Å². The number of carbonyl (C=O) groups excluding carboxylic acids is 1. The minimum Gasteiger partial charge on any atom is -0.308 e. The van der Waals surface area contributed by atoms with Crippen molar-refractivity contribution in [1.29, 1.82) is 0 Å². The average Bonchev–Trinajstić information content (AvgIpc) is 2.61. The van der Waals surface area contributed by atoms with Gasteiger partial charge in [0.2, 0.25) is 0 Å². The molecule has 0 aliphatic heterocycles. The largest absolute Gasteiger partial charge is 0.338 e. The highest BCUT2D eigenvalue weighted by Crippen LogP contribution is 2.62. The molecule has 1 atom stereocenters. The van der Waals surface area contributed by atoms with Crippen molar-refractivity contribution >= 4 is 25.0 Å². The molecule has 0 heterocycles. The second kappa shape index (κ2) is 9.30. The highest BCUT2D eigenvalue weighted by atomic mass is 35.5. The average molecular weight is 381 g/mol. The molecule has 0 unspecified atom stereocenters. The third-order valence-electron chi connectivity index (χ3n) is 3.73. The molecule has 25 heavy (non-hydrogen) atoms. The molecule has 0 spiro atoms. The van der Waals surface area contributed by atoms with Crippen molar-refractivity contribution in [2.75, 3.05) is 13.2 Å². The van der Waals surface area contributed by atoms with E-state index in [-0.39, 0.29) is 25.4 Å². The Morgan fingerprint density at radius 1 is 1.00 bits per heavy atom. The van der Waals surface area contributed by atoms with Gasteiger partial charge in [-0.1, -0.05) is 41.9 Å². The fourth-order valence-electron chi connectivity index (χ4n) is 2.59. The Labute approximate surface area is 153 Å². The molecule has 0 amide bonds. The van der Waals surface area contributed by atoms with Gasteiger partial charge in [-0.05, 0) is 43.7 Å². The van der Waals surface area contributed by atoms with E-state index in [4.69, 9.17) is 20.6 Å². The van der Waals surface area contributed by atoms with E-state index < -0.39 is 13.3 Å². The molecule has 2 aromatic carbocycles. The van der Waals surface area contributed by atoms with Crippen LogP contribution in [0.4, 0.5) is 0 Å². The quantitative estimate of drug-likeness (QED) is 0.400. The second-order valence-electron chi connectivity index (χ2n) is 5.44. The van der Waals surface area contributed by atoms with Gasteiger partial charge in [-0.3, -0.25) is 9.36 Å². The lowest BCUT2D eigenvalue weighted by molar-refractivity contribution is 0.0973. The van der Waals surface area contributed by atoms with Gasteiger partial charge in [0.1, 0.15) is 0 Å². The molecule has 0 N–H and O–H groups in total. The number of benzene rings is 2. The number of hydrogen-bond donors (Lipinski definition) is 0. The summed E-state index contributed by atoms with van der Waals surface area (Å²) >= 11 is 5.88. The van der Waals surface area contributed by atoms with Crippen LogP contribution in [0.2, 0.25) is 5.02 Å².